The Labute approximate surface area is 183 Å². The Morgan fingerprint density at radius 2 is 1.94 bits per heavy atom. The third kappa shape index (κ3) is 4.61. The number of anilines is 2. The van der Waals surface area contributed by atoms with E-state index in [1.807, 2.05) is 12.1 Å². The molecule has 1 fully saturated rings. The van der Waals surface area contributed by atoms with Crippen LogP contribution in [0.3, 0.4) is 0 Å². The van der Waals surface area contributed by atoms with Crippen molar-refractivity contribution < 1.29 is 14.3 Å². The number of ether oxygens (including phenoxy) is 2. The van der Waals surface area contributed by atoms with E-state index >= 15 is 0 Å². The lowest BCUT2D eigenvalue weighted by Crippen LogP contribution is -2.47. The maximum atomic E-state index is 11.5. The summed E-state index contributed by atoms with van der Waals surface area (Å²) in [7, 11) is 0. The van der Waals surface area contributed by atoms with Gasteiger partial charge in [0.25, 0.3) is 0 Å². The van der Waals surface area contributed by atoms with E-state index in [1.165, 1.54) is 11.3 Å². The van der Waals surface area contributed by atoms with Gasteiger partial charge in [-0.05, 0) is 48.9 Å². The molecule has 7 heteroatoms. The number of carbonyl (C=O) groups excluding carboxylic acids is 1. The van der Waals surface area contributed by atoms with Gasteiger partial charge in [-0.3, -0.25) is 9.69 Å². The Bertz CT molecular complexity index is 940. The van der Waals surface area contributed by atoms with Gasteiger partial charge < -0.3 is 19.7 Å². The van der Waals surface area contributed by atoms with Gasteiger partial charge in [0, 0.05) is 45.2 Å². The quantitative estimate of drug-likeness (QED) is 0.722. The van der Waals surface area contributed by atoms with Gasteiger partial charge in [-0.25, -0.2) is 0 Å². The first-order valence-electron chi connectivity index (χ1n) is 11.4. The molecule has 3 aliphatic heterocycles. The molecule has 2 aromatic rings. The highest BCUT2D eigenvalue weighted by Gasteiger charge is 2.22. The molecule has 1 aromatic heterocycles. The van der Waals surface area contributed by atoms with Crippen LogP contribution in [-0.4, -0.2) is 61.7 Å². The lowest BCUT2D eigenvalue weighted by atomic mass is 10.0. The van der Waals surface area contributed by atoms with Gasteiger partial charge in [-0.2, -0.15) is 4.98 Å². The third-order valence-electron chi connectivity index (χ3n) is 6.33. The van der Waals surface area contributed by atoms with Crippen LogP contribution in [0, 0.1) is 0 Å². The van der Waals surface area contributed by atoms with E-state index in [2.05, 4.69) is 38.3 Å². The van der Waals surface area contributed by atoms with E-state index in [0.717, 1.165) is 76.3 Å². The van der Waals surface area contributed by atoms with Crippen molar-refractivity contribution >= 4 is 17.4 Å². The molecule has 0 radical (unpaired) electrons. The van der Waals surface area contributed by atoms with Crippen LogP contribution in [0.15, 0.2) is 30.3 Å². The first-order chi connectivity index (χ1) is 15.3. The van der Waals surface area contributed by atoms with E-state index in [0.29, 0.717) is 24.7 Å². The van der Waals surface area contributed by atoms with Gasteiger partial charge in [0.05, 0.1) is 18.9 Å². The Balaban J connectivity index is 1.07. The molecule has 0 saturated carbocycles. The van der Waals surface area contributed by atoms with Crippen LogP contribution < -0.4 is 19.7 Å². The maximum Gasteiger partial charge on any atom is 0.225 e. The van der Waals surface area contributed by atoms with Crippen LogP contribution in [0.25, 0.3) is 0 Å². The van der Waals surface area contributed by atoms with Crippen LogP contribution in [-0.2, 0) is 17.6 Å². The number of nitrogens with zero attached hydrogens (tertiary/aromatic N) is 3. The topological polar surface area (TPSA) is 66.9 Å². The average molecular weight is 423 g/mol. The number of pyridine rings is 1. The van der Waals surface area contributed by atoms with Gasteiger partial charge in [-0.15, -0.1) is 0 Å². The van der Waals surface area contributed by atoms with E-state index in [-0.39, 0.29) is 5.91 Å². The van der Waals surface area contributed by atoms with Crippen LogP contribution in [0.2, 0.25) is 0 Å². The summed E-state index contributed by atoms with van der Waals surface area (Å²) in [5, 5.41) is 2.83. The van der Waals surface area contributed by atoms with Crippen LogP contribution in [0.1, 0.15) is 30.4 Å². The second-order valence-electron chi connectivity index (χ2n) is 8.45. The highest BCUT2D eigenvalue weighted by Crippen LogP contribution is 2.35. The van der Waals surface area contributed by atoms with Gasteiger partial charge in [-0.1, -0.05) is 12.1 Å². The molecule has 5 rings (SSSR count). The summed E-state index contributed by atoms with van der Waals surface area (Å²) in [4.78, 5) is 20.9. The molecule has 7 nitrogen and oxygen atoms in total. The number of para-hydroxylation sites is 1. The molecule has 3 aliphatic rings. The molecule has 164 valence electrons. The molecule has 1 saturated heterocycles. The molecule has 0 bridgehead atoms. The summed E-state index contributed by atoms with van der Waals surface area (Å²) < 4.78 is 11.8. The number of aromatic nitrogens is 1. The van der Waals surface area contributed by atoms with Gasteiger partial charge >= 0.3 is 0 Å². The fraction of sp³-hybridized carbons (Fsp3) is 0.500. The molecule has 4 heterocycles. The number of fused-ring (bicyclic) bond motifs is 2. The van der Waals surface area contributed by atoms with Crippen LogP contribution in [0.5, 0.6) is 11.6 Å². The molecular formula is C24H30N4O3. The zero-order valence-electron chi connectivity index (χ0n) is 17.9. The summed E-state index contributed by atoms with van der Waals surface area (Å²) in [6.45, 7) is 6.60. The number of hydrogen-bond donors (Lipinski definition) is 1. The van der Waals surface area contributed by atoms with Crippen LogP contribution >= 0.6 is 0 Å². The van der Waals surface area contributed by atoms with Gasteiger partial charge in [0.15, 0.2) is 0 Å². The highest BCUT2D eigenvalue weighted by molar-refractivity contribution is 5.92. The molecular weight excluding hydrogens is 392 g/mol. The minimum Gasteiger partial charge on any atom is -0.491 e. The van der Waals surface area contributed by atoms with Gasteiger partial charge in [0.1, 0.15) is 11.6 Å². The number of rotatable bonds is 6. The number of amides is 1. The number of hydrogen-bond acceptors (Lipinski definition) is 6. The van der Waals surface area contributed by atoms with E-state index in [4.69, 9.17) is 9.47 Å². The molecule has 1 N–H and O–H groups in total. The molecule has 0 atom stereocenters. The molecule has 1 amide bonds. The molecule has 1 aromatic carbocycles. The molecule has 0 spiro atoms. The summed E-state index contributed by atoms with van der Waals surface area (Å²) in [5.41, 5.74) is 3.68. The average Bonchev–Trinajstić information content (AvgIpc) is 2.81. The zero-order chi connectivity index (χ0) is 21.0. The van der Waals surface area contributed by atoms with Crippen molar-refractivity contribution in [3.8, 4) is 11.6 Å². The predicted octanol–water partition coefficient (Wildman–Crippen LogP) is 2.88. The van der Waals surface area contributed by atoms with Crippen LogP contribution in [0.4, 0.5) is 11.5 Å². The highest BCUT2D eigenvalue weighted by atomic mass is 16.5. The maximum absolute atomic E-state index is 11.5. The fourth-order valence-electron chi connectivity index (χ4n) is 4.60. The summed E-state index contributed by atoms with van der Waals surface area (Å²) in [6, 6.07) is 10.5. The number of piperazine rings is 1. The number of carbonyl (C=O) groups is 1. The summed E-state index contributed by atoms with van der Waals surface area (Å²) >= 11 is 0. The largest absolute Gasteiger partial charge is 0.491 e. The monoisotopic (exact) mass is 422 g/mol. The van der Waals surface area contributed by atoms with Crippen molar-refractivity contribution in [2.24, 2.45) is 0 Å². The first-order valence-corrected chi connectivity index (χ1v) is 11.4. The van der Waals surface area contributed by atoms with Crippen molar-refractivity contribution in [1.29, 1.82) is 0 Å². The van der Waals surface area contributed by atoms with Crippen molar-refractivity contribution in [2.45, 2.75) is 32.1 Å². The zero-order valence-corrected chi connectivity index (χ0v) is 17.9. The Hall–Kier alpha value is -2.80. The Kier molecular flexibility index (Phi) is 5.93. The van der Waals surface area contributed by atoms with Gasteiger partial charge in [0.2, 0.25) is 11.8 Å². The molecule has 0 aliphatic carbocycles. The van der Waals surface area contributed by atoms with Crippen molar-refractivity contribution in [1.82, 2.24) is 9.88 Å². The fourth-order valence-corrected chi connectivity index (χ4v) is 4.60. The second kappa shape index (κ2) is 9.14. The minimum absolute atomic E-state index is 0.0267. The van der Waals surface area contributed by atoms with Crippen molar-refractivity contribution in [2.75, 3.05) is 56.2 Å². The van der Waals surface area contributed by atoms with E-state index < -0.39 is 0 Å². The first kappa shape index (κ1) is 20.1. The second-order valence-corrected chi connectivity index (χ2v) is 8.45. The lowest BCUT2D eigenvalue weighted by molar-refractivity contribution is -0.116. The number of nitrogens with one attached hydrogen (secondary N) is 1. The summed E-state index contributed by atoms with van der Waals surface area (Å²) in [6.07, 6.45) is 4.46. The lowest BCUT2D eigenvalue weighted by Gasteiger charge is -2.37. The standard InChI is InChI=1S/C24H30N4O3/c29-21-9-7-19-8-10-22(26-24(19)25-21)30-17-3-11-27-12-14-28(15-13-27)20-6-1-4-18-5-2-16-31-23(18)20/h1,4,6,8,10H,2-3,5,7,9,11-17H2,(H,25,26,29). The SMILES string of the molecule is O=C1CCc2ccc(OCCCN3CCN(c4cccc5c4OCCC5)CC3)nc2N1. The van der Waals surface area contributed by atoms with Crippen molar-refractivity contribution in [3.63, 3.8) is 0 Å². The third-order valence-corrected chi connectivity index (χ3v) is 6.33. The predicted molar refractivity (Wildman–Crippen MR) is 120 cm³/mol. The van der Waals surface area contributed by atoms with E-state index in [9.17, 15) is 4.79 Å². The minimum atomic E-state index is 0.0267. The number of aryl methyl sites for hydroxylation is 2. The van der Waals surface area contributed by atoms with Crippen molar-refractivity contribution in [3.05, 3.63) is 41.5 Å². The molecule has 31 heavy (non-hydrogen) atoms. The normalized spacial score (nSPS) is 18.6. The Morgan fingerprint density at radius 1 is 1.03 bits per heavy atom. The van der Waals surface area contributed by atoms with E-state index in [1.54, 1.807) is 0 Å². The Morgan fingerprint density at radius 3 is 2.84 bits per heavy atom. The summed E-state index contributed by atoms with van der Waals surface area (Å²) in [5.74, 6) is 2.36. The smallest absolute Gasteiger partial charge is 0.225 e. The molecule has 0 unspecified atom stereocenters. The number of benzene rings is 1.